The van der Waals surface area contributed by atoms with E-state index in [0.29, 0.717) is 33.8 Å². The average Bonchev–Trinajstić information content (AvgIpc) is 2.57. The molecule has 0 aliphatic carbocycles. The molecule has 0 radical (unpaired) electrons. The Morgan fingerprint density at radius 2 is 1.83 bits per heavy atom. The number of amides is 1. The summed E-state index contributed by atoms with van der Waals surface area (Å²) in [6, 6.07) is 10.7. The van der Waals surface area contributed by atoms with Crippen LogP contribution in [0.25, 0.3) is 0 Å². The first-order chi connectivity index (χ1) is 11.5. The maximum absolute atomic E-state index is 12.0. The molecule has 0 unspecified atom stereocenters. The second-order valence-corrected chi connectivity index (χ2v) is 5.93. The molecule has 0 heterocycles. The van der Waals surface area contributed by atoms with Gasteiger partial charge in [0.2, 0.25) is 0 Å². The fraction of sp³-hybridized carbons (Fsp3) is 0.222. The minimum Gasteiger partial charge on any atom is -0.490 e. The van der Waals surface area contributed by atoms with Crippen LogP contribution in [0.3, 0.4) is 0 Å². The Hall–Kier alpha value is -2.34. The third-order valence-electron chi connectivity index (χ3n) is 3.18. The molecule has 0 fully saturated rings. The number of ether oxygens (including phenoxy) is 2. The van der Waals surface area contributed by atoms with Crippen molar-refractivity contribution in [3.8, 4) is 11.5 Å². The van der Waals surface area contributed by atoms with Crippen LogP contribution in [-0.4, -0.2) is 25.4 Å². The summed E-state index contributed by atoms with van der Waals surface area (Å²) in [5.74, 6) is 0.538. The quantitative estimate of drug-likeness (QED) is 0.724. The molecule has 6 heteroatoms. The third-order valence-corrected chi connectivity index (χ3v) is 3.87. The van der Waals surface area contributed by atoms with E-state index >= 15 is 0 Å². The van der Waals surface area contributed by atoms with Crippen LogP contribution in [0.4, 0.5) is 5.69 Å². The molecule has 1 amide bonds. The van der Waals surface area contributed by atoms with E-state index in [2.05, 4.69) is 21.2 Å². The highest BCUT2D eigenvalue weighted by atomic mass is 79.9. The maximum atomic E-state index is 12.0. The molecule has 0 aliphatic heterocycles. The molecular weight excluding hydrogens is 374 g/mol. The minimum absolute atomic E-state index is 0.166. The number of anilines is 1. The zero-order valence-corrected chi connectivity index (χ0v) is 15.1. The van der Waals surface area contributed by atoms with Gasteiger partial charge in [0.05, 0.1) is 6.61 Å². The summed E-state index contributed by atoms with van der Waals surface area (Å²) in [4.78, 5) is 23.0. The molecule has 0 aromatic heterocycles. The van der Waals surface area contributed by atoms with E-state index in [0.717, 1.165) is 11.8 Å². The predicted molar refractivity (Wildman–Crippen MR) is 96.0 cm³/mol. The van der Waals surface area contributed by atoms with Crippen molar-refractivity contribution in [2.45, 2.75) is 13.8 Å². The van der Waals surface area contributed by atoms with Crippen molar-refractivity contribution in [3.63, 3.8) is 0 Å². The molecule has 2 rings (SSSR count). The van der Waals surface area contributed by atoms with Crippen molar-refractivity contribution in [2.75, 3.05) is 18.5 Å². The summed E-state index contributed by atoms with van der Waals surface area (Å²) in [7, 11) is 0. The maximum Gasteiger partial charge on any atom is 0.262 e. The average molecular weight is 392 g/mol. The molecule has 0 spiro atoms. The predicted octanol–water partition coefficient (Wildman–Crippen LogP) is 3.99. The van der Waals surface area contributed by atoms with Gasteiger partial charge in [-0.05, 0) is 54.0 Å². The van der Waals surface area contributed by atoms with Gasteiger partial charge in [-0.25, -0.2) is 0 Å². The van der Waals surface area contributed by atoms with Gasteiger partial charge in [0.25, 0.3) is 5.91 Å². The molecule has 0 aliphatic rings. The van der Waals surface area contributed by atoms with Crippen molar-refractivity contribution >= 4 is 33.8 Å². The second kappa shape index (κ2) is 8.49. The Kier molecular flexibility index (Phi) is 6.37. The molecule has 0 bridgehead atoms. The summed E-state index contributed by atoms with van der Waals surface area (Å²) >= 11 is 3.29. The van der Waals surface area contributed by atoms with Crippen LogP contribution in [0.2, 0.25) is 0 Å². The molecule has 126 valence electrons. The molecule has 0 atom stereocenters. The fourth-order valence-electron chi connectivity index (χ4n) is 2.00. The standard InChI is InChI=1S/C18H18BrNO4/c1-3-23-16-8-13(10-21)15(19)9-17(16)24-11-18(22)20-14-6-4-12(2)5-7-14/h4-10H,3,11H2,1-2H3,(H,20,22). The lowest BCUT2D eigenvalue weighted by molar-refractivity contribution is -0.118. The molecule has 1 N–H and O–H groups in total. The van der Waals surface area contributed by atoms with Crippen LogP contribution in [0, 0.1) is 6.92 Å². The number of carbonyl (C=O) groups is 2. The minimum atomic E-state index is -0.281. The van der Waals surface area contributed by atoms with Gasteiger partial charge in [0.15, 0.2) is 24.4 Å². The lowest BCUT2D eigenvalue weighted by atomic mass is 10.2. The number of aryl methyl sites for hydroxylation is 1. The molecular formula is C18H18BrNO4. The van der Waals surface area contributed by atoms with E-state index in [1.807, 2.05) is 38.1 Å². The lowest BCUT2D eigenvalue weighted by Crippen LogP contribution is -2.20. The first kappa shape index (κ1) is 18.0. The normalized spacial score (nSPS) is 10.1. The highest BCUT2D eigenvalue weighted by molar-refractivity contribution is 9.10. The Morgan fingerprint density at radius 3 is 2.46 bits per heavy atom. The van der Waals surface area contributed by atoms with Gasteiger partial charge < -0.3 is 14.8 Å². The van der Waals surface area contributed by atoms with Gasteiger partial charge in [0, 0.05) is 15.7 Å². The van der Waals surface area contributed by atoms with E-state index in [9.17, 15) is 9.59 Å². The second-order valence-electron chi connectivity index (χ2n) is 5.07. The highest BCUT2D eigenvalue weighted by Gasteiger charge is 2.12. The van der Waals surface area contributed by atoms with Crippen molar-refractivity contribution in [1.82, 2.24) is 0 Å². The van der Waals surface area contributed by atoms with Crippen LogP contribution in [-0.2, 0) is 4.79 Å². The monoisotopic (exact) mass is 391 g/mol. The molecule has 5 nitrogen and oxygen atoms in total. The molecule has 0 saturated heterocycles. The largest absolute Gasteiger partial charge is 0.490 e. The zero-order valence-electron chi connectivity index (χ0n) is 13.5. The number of hydrogen-bond acceptors (Lipinski definition) is 4. The number of rotatable bonds is 7. The molecule has 0 saturated carbocycles. The first-order valence-electron chi connectivity index (χ1n) is 7.44. The number of hydrogen-bond donors (Lipinski definition) is 1. The van der Waals surface area contributed by atoms with Crippen LogP contribution in [0.15, 0.2) is 40.9 Å². The Bertz CT molecular complexity index is 729. The molecule has 2 aromatic rings. The summed E-state index contributed by atoms with van der Waals surface area (Å²) in [6.45, 7) is 4.06. The molecule has 2 aromatic carbocycles. The number of nitrogens with one attached hydrogen (secondary N) is 1. The Balaban J connectivity index is 2.04. The van der Waals surface area contributed by atoms with E-state index < -0.39 is 0 Å². The number of halogens is 1. The van der Waals surface area contributed by atoms with Gasteiger partial charge in [0.1, 0.15) is 0 Å². The van der Waals surface area contributed by atoms with E-state index in [1.54, 1.807) is 12.1 Å². The summed E-state index contributed by atoms with van der Waals surface area (Å²) in [5, 5.41) is 2.76. The van der Waals surface area contributed by atoms with Crippen LogP contribution >= 0.6 is 15.9 Å². The zero-order chi connectivity index (χ0) is 17.5. The van der Waals surface area contributed by atoms with Crippen LogP contribution in [0.5, 0.6) is 11.5 Å². The Labute approximate surface area is 149 Å². The first-order valence-corrected chi connectivity index (χ1v) is 8.23. The number of aldehydes is 1. The van der Waals surface area contributed by atoms with Gasteiger partial charge in [-0.3, -0.25) is 9.59 Å². The highest BCUT2D eigenvalue weighted by Crippen LogP contribution is 2.33. The third kappa shape index (κ3) is 4.83. The van der Waals surface area contributed by atoms with Gasteiger partial charge in [-0.15, -0.1) is 0 Å². The van der Waals surface area contributed by atoms with Crippen molar-refractivity contribution in [2.24, 2.45) is 0 Å². The molecule has 24 heavy (non-hydrogen) atoms. The van der Waals surface area contributed by atoms with Crippen LogP contribution < -0.4 is 14.8 Å². The number of benzene rings is 2. The van der Waals surface area contributed by atoms with Crippen molar-refractivity contribution < 1.29 is 19.1 Å². The van der Waals surface area contributed by atoms with E-state index in [-0.39, 0.29) is 12.5 Å². The van der Waals surface area contributed by atoms with E-state index in [1.165, 1.54) is 0 Å². The van der Waals surface area contributed by atoms with Crippen molar-refractivity contribution in [1.29, 1.82) is 0 Å². The number of carbonyl (C=O) groups excluding carboxylic acids is 2. The van der Waals surface area contributed by atoms with Gasteiger partial charge >= 0.3 is 0 Å². The SMILES string of the molecule is CCOc1cc(C=O)c(Br)cc1OCC(=O)Nc1ccc(C)cc1. The lowest BCUT2D eigenvalue weighted by Gasteiger charge is -2.13. The van der Waals surface area contributed by atoms with Crippen molar-refractivity contribution in [3.05, 3.63) is 52.0 Å². The van der Waals surface area contributed by atoms with Crippen LogP contribution in [0.1, 0.15) is 22.8 Å². The smallest absolute Gasteiger partial charge is 0.262 e. The van der Waals surface area contributed by atoms with Gasteiger partial charge in [-0.2, -0.15) is 0 Å². The summed E-state index contributed by atoms with van der Waals surface area (Å²) < 4.78 is 11.6. The summed E-state index contributed by atoms with van der Waals surface area (Å²) in [5.41, 5.74) is 2.28. The fourth-order valence-corrected chi connectivity index (χ4v) is 2.42. The van der Waals surface area contributed by atoms with Gasteiger partial charge in [-0.1, -0.05) is 17.7 Å². The topological polar surface area (TPSA) is 64.6 Å². The summed E-state index contributed by atoms with van der Waals surface area (Å²) in [6.07, 6.45) is 0.723. The van der Waals surface area contributed by atoms with E-state index in [4.69, 9.17) is 9.47 Å². The Morgan fingerprint density at radius 1 is 1.17 bits per heavy atom.